The molecule has 0 aromatic heterocycles. The lowest BCUT2D eigenvalue weighted by Gasteiger charge is -2.34. The molecule has 1 aromatic rings. The van der Waals surface area contributed by atoms with Crippen LogP contribution in [0.25, 0.3) is 0 Å². The normalized spacial score (nSPS) is 19.5. The summed E-state index contributed by atoms with van der Waals surface area (Å²) in [6.45, 7) is 6.29. The Labute approximate surface area is 154 Å². The van der Waals surface area contributed by atoms with Crippen LogP contribution in [0, 0.1) is 5.41 Å². The molecule has 2 rings (SSSR count). The molecule has 5 nitrogen and oxygen atoms in total. The number of rotatable bonds is 3. The van der Waals surface area contributed by atoms with E-state index in [-0.39, 0.29) is 29.6 Å². The number of piperidine rings is 1. The van der Waals surface area contributed by atoms with Crippen LogP contribution in [0.2, 0.25) is 5.02 Å². The Balaban J connectivity index is 0.00000288. The Morgan fingerprint density at radius 1 is 1.38 bits per heavy atom. The number of nitrogens with two attached hydrogens (primary N) is 1. The number of amides is 2. The fourth-order valence-corrected chi connectivity index (χ4v) is 2.81. The molecule has 1 unspecified atom stereocenters. The van der Waals surface area contributed by atoms with E-state index < -0.39 is 12.1 Å². The highest BCUT2D eigenvalue weighted by molar-refractivity contribution is 6.33. The fourth-order valence-electron chi connectivity index (χ4n) is 2.57. The summed E-state index contributed by atoms with van der Waals surface area (Å²) in [5.74, 6) is -0.435. The molecule has 7 heteroatoms. The van der Waals surface area contributed by atoms with Crippen molar-refractivity contribution in [2.45, 2.75) is 45.7 Å². The largest absolute Gasteiger partial charge is 0.343 e. The second kappa shape index (κ2) is 8.19. The summed E-state index contributed by atoms with van der Waals surface area (Å²) < 4.78 is 0. The molecule has 1 heterocycles. The van der Waals surface area contributed by atoms with E-state index in [2.05, 4.69) is 5.32 Å². The van der Waals surface area contributed by atoms with E-state index in [4.69, 9.17) is 17.3 Å². The smallest absolute Gasteiger partial charge is 0.249 e. The van der Waals surface area contributed by atoms with Gasteiger partial charge in [0, 0.05) is 6.54 Å². The van der Waals surface area contributed by atoms with Gasteiger partial charge in [0.05, 0.1) is 16.8 Å². The zero-order valence-corrected chi connectivity index (χ0v) is 15.8. The number of anilines is 1. The number of benzene rings is 1. The van der Waals surface area contributed by atoms with E-state index in [1.165, 1.54) is 0 Å². The van der Waals surface area contributed by atoms with Crippen LogP contribution in [0.15, 0.2) is 24.3 Å². The van der Waals surface area contributed by atoms with Gasteiger partial charge in [-0.25, -0.2) is 0 Å². The highest BCUT2D eigenvalue weighted by Crippen LogP contribution is 2.28. The molecule has 2 amide bonds. The number of nitrogens with one attached hydrogen (secondary N) is 1. The molecule has 0 saturated carbocycles. The predicted molar refractivity (Wildman–Crippen MR) is 99.6 cm³/mol. The maximum Gasteiger partial charge on any atom is 0.249 e. The van der Waals surface area contributed by atoms with Crippen molar-refractivity contribution in [3.63, 3.8) is 0 Å². The summed E-state index contributed by atoms with van der Waals surface area (Å²) in [6.07, 6.45) is 1.41. The number of carbonyl (C=O) groups excluding carboxylic acids is 2. The van der Waals surface area contributed by atoms with Gasteiger partial charge in [0.2, 0.25) is 11.8 Å². The third kappa shape index (κ3) is 4.62. The van der Waals surface area contributed by atoms with Gasteiger partial charge in [-0.15, -0.1) is 12.4 Å². The van der Waals surface area contributed by atoms with Gasteiger partial charge >= 0.3 is 0 Å². The van der Waals surface area contributed by atoms with Crippen LogP contribution >= 0.6 is 24.0 Å². The van der Waals surface area contributed by atoms with Gasteiger partial charge < -0.3 is 16.0 Å². The lowest BCUT2D eigenvalue weighted by molar-refractivity contribution is -0.130. The zero-order valence-electron chi connectivity index (χ0n) is 14.2. The summed E-state index contributed by atoms with van der Waals surface area (Å²) in [7, 11) is 0. The molecule has 1 aromatic carbocycles. The van der Waals surface area contributed by atoms with Crippen LogP contribution in [-0.2, 0) is 9.59 Å². The van der Waals surface area contributed by atoms with Gasteiger partial charge in [-0.05, 0) is 30.4 Å². The monoisotopic (exact) mass is 373 g/mol. The minimum absolute atomic E-state index is 0. The van der Waals surface area contributed by atoms with Crippen molar-refractivity contribution in [2.75, 3.05) is 11.4 Å². The molecule has 1 saturated heterocycles. The summed E-state index contributed by atoms with van der Waals surface area (Å²) in [4.78, 5) is 26.6. The molecule has 1 fully saturated rings. The Hall–Kier alpha value is -1.30. The van der Waals surface area contributed by atoms with Gasteiger partial charge in [0.25, 0.3) is 0 Å². The number of hydrogen-bond acceptors (Lipinski definition) is 3. The first kappa shape index (κ1) is 20.7. The first-order valence-corrected chi connectivity index (χ1v) is 8.21. The maximum atomic E-state index is 12.7. The van der Waals surface area contributed by atoms with Crippen LogP contribution in [0.1, 0.15) is 33.6 Å². The molecule has 0 bridgehead atoms. The van der Waals surface area contributed by atoms with E-state index in [1.807, 2.05) is 39.0 Å². The second-order valence-corrected chi connectivity index (χ2v) is 7.40. The lowest BCUT2D eigenvalue weighted by Crippen LogP contribution is -2.57. The summed E-state index contributed by atoms with van der Waals surface area (Å²) in [5.41, 5.74) is 6.29. The predicted octanol–water partition coefficient (Wildman–Crippen LogP) is 2.75. The van der Waals surface area contributed by atoms with Gasteiger partial charge in [-0.2, -0.15) is 0 Å². The van der Waals surface area contributed by atoms with Crippen molar-refractivity contribution in [3.05, 3.63) is 29.3 Å². The first-order valence-electron chi connectivity index (χ1n) is 7.83. The molecule has 0 aliphatic carbocycles. The average molecular weight is 374 g/mol. The van der Waals surface area contributed by atoms with Crippen LogP contribution in [0.3, 0.4) is 0 Å². The highest BCUT2D eigenvalue weighted by atomic mass is 35.5. The minimum Gasteiger partial charge on any atom is -0.343 e. The molecule has 0 radical (unpaired) electrons. The van der Waals surface area contributed by atoms with Crippen LogP contribution in [0.5, 0.6) is 0 Å². The van der Waals surface area contributed by atoms with E-state index in [0.717, 1.165) is 6.42 Å². The molecule has 24 heavy (non-hydrogen) atoms. The SMILES string of the molecule is CC(C)(C)[C@H](N)C(=O)NC1CCCN(c2ccccc2Cl)C1=O.Cl. The van der Waals surface area contributed by atoms with Gasteiger partial charge in [-0.3, -0.25) is 9.59 Å². The van der Waals surface area contributed by atoms with Crippen molar-refractivity contribution in [1.82, 2.24) is 5.32 Å². The van der Waals surface area contributed by atoms with Crippen molar-refractivity contribution in [1.29, 1.82) is 0 Å². The van der Waals surface area contributed by atoms with Crippen molar-refractivity contribution in [2.24, 2.45) is 11.1 Å². The third-order valence-electron chi connectivity index (χ3n) is 4.11. The number of halogens is 2. The second-order valence-electron chi connectivity index (χ2n) is 6.99. The fraction of sp³-hybridized carbons (Fsp3) is 0.529. The van der Waals surface area contributed by atoms with E-state index in [9.17, 15) is 9.59 Å². The molecular formula is C17H25Cl2N3O2. The first-order chi connectivity index (χ1) is 10.7. The molecule has 134 valence electrons. The Morgan fingerprint density at radius 2 is 2.00 bits per heavy atom. The lowest BCUT2D eigenvalue weighted by atomic mass is 9.86. The van der Waals surface area contributed by atoms with E-state index >= 15 is 0 Å². The quantitative estimate of drug-likeness (QED) is 0.854. The van der Waals surface area contributed by atoms with Crippen molar-refractivity contribution < 1.29 is 9.59 Å². The van der Waals surface area contributed by atoms with Gasteiger partial charge in [-0.1, -0.05) is 44.5 Å². The Bertz CT molecular complexity index is 602. The number of nitrogens with zero attached hydrogens (tertiary/aromatic N) is 1. The molecule has 0 spiro atoms. The zero-order chi connectivity index (χ0) is 17.2. The average Bonchev–Trinajstić information content (AvgIpc) is 2.48. The summed E-state index contributed by atoms with van der Waals surface area (Å²) in [5, 5.41) is 3.32. The van der Waals surface area contributed by atoms with Crippen molar-refractivity contribution >= 4 is 41.5 Å². The molecule has 3 N–H and O–H groups in total. The number of carbonyl (C=O) groups is 2. The maximum absolute atomic E-state index is 12.7. The molecular weight excluding hydrogens is 349 g/mol. The topological polar surface area (TPSA) is 75.4 Å². The Kier molecular flexibility index (Phi) is 7.08. The number of hydrogen-bond donors (Lipinski definition) is 2. The third-order valence-corrected chi connectivity index (χ3v) is 4.43. The molecule has 1 aliphatic rings. The minimum atomic E-state index is -0.661. The standard InChI is InChI=1S/C17H24ClN3O2.ClH/c1-17(2,3)14(19)15(22)20-12-8-6-10-21(16(12)23)13-9-5-4-7-11(13)18;/h4-5,7,9,12,14H,6,8,10,19H2,1-3H3,(H,20,22);1H/t12?,14-;/m1./s1. The van der Waals surface area contributed by atoms with Crippen molar-refractivity contribution in [3.8, 4) is 0 Å². The van der Waals surface area contributed by atoms with E-state index in [0.29, 0.717) is 23.7 Å². The highest BCUT2D eigenvalue weighted by Gasteiger charge is 2.35. The van der Waals surface area contributed by atoms with Crippen LogP contribution < -0.4 is 16.0 Å². The van der Waals surface area contributed by atoms with Crippen LogP contribution in [0.4, 0.5) is 5.69 Å². The molecule has 2 atom stereocenters. The van der Waals surface area contributed by atoms with Crippen LogP contribution in [-0.4, -0.2) is 30.4 Å². The van der Waals surface area contributed by atoms with E-state index in [1.54, 1.807) is 11.0 Å². The van der Waals surface area contributed by atoms with Gasteiger partial charge in [0.1, 0.15) is 6.04 Å². The van der Waals surface area contributed by atoms with Gasteiger partial charge in [0.15, 0.2) is 0 Å². The Morgan fingerprint density at radius 3 is 2.58 bits per heavy atom. The summed E-state index contributed by atoms with van der Waals surface area (Å²) >= 11 is 6.19. The molecule has 1 aliphatic heterocycles. The number of para-hydroxylation sites is 1. The summed E-state index contributed by atoms with van der Waals surface area (Å²) in [6, 6.07) is 6.01.